The number of fused-ring (bicyclic) bond motifs is 1. The Kier molecular flexibility index (Phi) is 7.34. The van der Waals surface area contributed by atoms with Gasteiger partial charge >= 0.3 is 5.97 Å². The minimum atomic E-state index is -3.85. The second kappa shape index (κ2) is 10.9. The number of carbonyl (C=O) groups is 1. The van der Waals surface area contributed by atoms with Gasteiger partial charge in [0, 0.05) is 49.6 Å². The highest BCUT2D eigenvalue weighted by atomic mass is 32.2. The van der Waals surface area contributed by atoms with Crippen molar-refractivity contribution in [1.29, 1.82) is 0 Å². The number of carboxylic acids is 1. The van der Waals surface area contributed by atoms with Crippen LogP contribution in [-0.4, -0.2) is 60.6 Å². The van der Waals surface area contributed by atoms with Gasteiger partial charge in [-0.3, -0.25) is 4.72 Å². The monoisotopic (exact) mass is 546 g/mol. The molecule has 0 spiro atoms. The molecule has 1 aliphatic rings. The van der Waals surface area contributed by atoms with Gasteiger partial charge in [-0.25, -0.2) is 28.2 Å². The van der Waals surface area contributed by atoms with E-state index >= 15 is 0 Å². The number of aromatic carboxylic acids is 1. The summed E-state index contributed by atoms with van der Waals surface area (Å²) in [6.45, 7) is 6.82. The van der Waals surface area contributed by atoms with E-state index in [0.717, 1.165) is 12.0 Å². The molecule has 2 N–H and O–H groups in total. The maximum atomic E-state index is 13.0. The number of benzene rings is 2. The zero-order chi connectivity index (χ0) is 27.6. The fourth-order valence-electron chi connectivity index (χ4n) is 4.69. The van der Waals surface area contributed by atoms with E-state index in [0.29, 0.717) is 54.8 Å². The number of hydrogen-bond donors (Lipinski definition) is 2. The second-order valence-corrected chi connectivity index (χ2v) is 11.6. The molecule has 0 saturated carbocycles. The average molecular weight is 547 g/mol. The molecule has 0 aliphatic carbocycles. The first-order valence-electron chi connectivity index (χ1n) is 12.8. The van der Waals surface area contributed by atoms with Crippen molar-refractivity contribution in [1.82, 2.24) is 15.0 Å². The highest BCUT2D eigenvalue weighted by molar-refractivity contribution is 7.92. The molecule has 5 rings (SSSR count). The van der Waals surface area contributed by atoms with Crippen molar-refractivity contribution >= 4 is 44.3 Å². The molecule has 3 heterocycles. The molecule has 11 heteroatoms. The van der Waals surface area contributed by atoms with E-state index < -0.39 is 16.0 Å². The van der Waals surface area contributed by atoms with E-state index in [1.807, 2.05) is 17.0 Å². The molecule has 202 valence electrons. The number of nitrogens with one attached hydrogen (secondary N) is 1. The molecule has 2 aromatic heterocycles. The third-order valence-electron chi connectivity index (χ3n) is 6.59. The van der Waals surface area contributed by atoms with E-state index in [4.69, 9.17) is 4.98 Å². The minimum absolute atomic E-state index is 0.0582. The lowest BCUT2D eigenvalue weighted by molar-refractivity contribution is 0.0699. The first-order valence-corrected chi connectivity index (χ1v) is 14.2. The van der Waals surface area contributed by atoms with Crippen LogP contribution < -0.4 is 14.5 Å². The third kappa shape index (κ3) is 5.93. The van der Waals surface area contributed by atoms with E-state index in [1.165, 1.54) is 6.07 Å². The van der Waals surface area contributed by atoms with Gasteiger partial charge in [-0.2, -0.15) is 0 Å². The van der Waals surface area contributed by atoms with Gasteiger partial charge in [-0.05, 0) is 60.4 Å². The topological polar surface area (TPSA) is 129 Å². The van der Waals surface area contributed by atoms with Crippen molar-refractivity contribution in [3.05, 3.63) is 78.1 Å². The van der Waals surface area contributed by atoms with Crippen molar-refractivity contribution in [3.8, 4) is 0 Å². The molecular weight excluding hydrogens is 516 g/mol. The summed E-state index contributed by atoms with van der Waals surface area (Å²) < 4.78 is 28.6. The van der Waals surface area contributed by atoms with Gasteiger partial charge in [0.2, 0.25) is 5.95 Å². The van der Waals surface area contributed by atoms with Crippen molar-refractivity contribution in [2.24, 2.45) is 5.92 Å². The van der Waals surface area contributed by atoms with Crippen LogP contribution in [0.15, 0.2) is 71.9 Å². The number of rotatable bonds is 8. The molecule has 1 fully saturated rings. The minimum Gasteiger partial charge on any atom is -0.478 e. The Hall–Kier alpha value is -4.25. The lowest BCUT2D eigenvalue weighted by atomic mass is 10.0. The SMILES string of the molecule is CC(C)Cc1ccc(S(=O)(=O)Nc2ccc3nc(N4CCN(c5ncccn5)CC4)cc(C(=O)O)c3c2)cc1. The van der Waals surface area contributed by atoms with Gasteiger partial charge in [0.15, 0.2) is 0 Å². The molecule has 1 saturated heterocycles. The smallest absolute Gasteiger partial charge is 0.336 e. The number of hydrogen-bond acceptors (Lipinski definition) is 8. The van der Waals surface area contributed by atoms with Gasteiger partial charge in [-0.15, -0.1) is 0 Å². The van der Waals surface area contributed by atoms with Crippen molar-refractivity contribution in [3.63, 3.8) is 0 Å². The van der Waals surface area contributed by atoms with Crippen LogP contribution in [0, 0.1) is 5.92 Å². The Bertz CT molecular complexity index is 1590. The zero-order valence-corrected chi connectivity index (χ0v) is 22.6. The van der Waals surface area contributed by atoms with Crippen LogP contribution in [0.5, 0.6) is 0 Å². The number of aromatic nitrogens is 3. The maximum absolute atomic E-state index is 13.0. The molecule has 0 radical (unpaired) electrons. The molecular formula is C28H30N6O4S. The van der Waals surface area contributed by atoms with Crippen LogP contribution in [0.1, 0.15) is 29.8 Å². The molecule has 4 aromatic rings. The number of carboxylic acid groups (broad SMARTS) is 1. The normalized spacial score (nSPS) is 14.1. The lowest BCUT2D eigenvalue weighted by Crippen LogP contribution is -2.47. The quantitative estimate of drug-likeness (QED) is 0.336. The summed E-state index contributed by atoms with van der Waals surface area (Å²) in [6.07, 6.45) is 4.27. The van der Waals surface area contributed by atoms with E-state index in [-0.39, 0.29) is 16.1 Å². The number of nitrogens with zero attached hydrogens (tertiary/aromatic N) is 5. The molecule has 2 aromatic carbocycles. The number of pyridine rings is 1. The highest BCUT2D eigenvalue weighted by Crippen LogP contribution is 2.28. The fraction of sp³-hybridized carbons (Fsp3) is 0.286. The van der Waals surface area contributed by atoms with Gasteiger partial charge in [0.05, 0.1) is 16.0 Å². The first kappa shape index (κ1) is 26.4. The molecule has 1 aliphatic heterocycles. The van der Waals surface area contributed by atoms with Gasteiger partial charge in [0.25, 0.3) is 10.0 Å². The van der Waals surface area contributed by atoms with Crippen LogP contribution in [0.4, 0.5) is 17.5 Å². The Morgan fingerprint density at radius 1 is 0.974 bits per heavy atom. The van der Waals surface area contributed by atoms with E-state index in [2.05, 4.69) is 33.4 Å². The van der Waals surface area contributed by atoms with Crippen molar-refractivity contribution in [2.75, 3.05) is 40.7 Å². The van der Waals surface area contributed by atoms with E-state index in [1.54, 1.807) is 48.8 Å². The summed E-state index contributed by atoms with van der Waals surface area (Å²) >= 11 is 0. The van der Waals surface area contributed by atoms with Gasteiger partial charge in [0.1, 0.15) is 5.82 Å². The number of sulfonamides is 1. The van der Waals surface area contributed by atoms with Crippen LogP contribution >= 0.6 is 0 Å². The predicted octanol–water partition coefficient (Wildman–Crippen LogP) is 4.05. The summed E-state index contributed by atoms with van der Waals surface area (Å²) in [5, 5.41) is 10.3. The first-order chi connectivity index (χ1) is 18.7. The predicted molar refractivity (Wildman–Crippen MR) is 151 cm³/mol. The highest BCUT2D eigenvalue weighted by Gasteiger charge is 2.23. The molecule has 10 nitrogen and oxygen atoms in total. The Balaban J connectivity index is 1.37. The van der Waals surface area contributed by atoms with Crippen molar-refractivity contribution < 1.29 is 18.3 Å². The van der Waals surface area contributed by atoms with Gasteiger partial charge in [-0.1, -0.05) is 26.0 Å². The molecule has 0 amide bonds. The van der Waals surface area contributed by atoms with Crippen LogP contribution in [-0.2, 0) is 16.4 Å². The van der Waals surface area contributed by atoms with Crippen molar-refractivity contribution in [2.45, 2.75) is 25.2 Å². The number of piperazine rings is 1. The zero-order valence-electron chi connectivity index (χ0n) is 21.8. The Morgan fingerprint density at radius 3 is 2.28 bits per heavy atom. The maximum Gasteiger partial charge on any atom is 0.336 e. The van der Waals surface area contributed by atoms with Gasteiger partial charge < -0.3 is 14.9 Å². The standard InChI is InChI=1S/C28H30N6O4S/c1-19(2)16-20-4-7-22(8-5-20)39(37,38)32-21-6-9-25-23(17-21)24(27(35)36)18-26(31-25)33-12-14-34(15-13-33)28-29-10-3-11-30-28/h3-11,17-19,32H,12-16H2,1-2H3,(H,35,36). The number of anilines is 3. The Morgan fingerprint density at radius 2 is 1.64 bits per heavy atom. The molecule has 0 atom stereocenters. The summed E-state index contributed by atoms with van der Waals surface area (Å²) in [5.74, 6) is 0.578. The fourth-order valence-corrected chi connectivity index (χ4v) is 5.74. The van der Waals surface area contributed by atoms with Crippen LogP contribution in [0.3, 0.4) is 0 Å². The molecule has 39 heavy (non-hydrogen) atoms. The summed E-state index contributed by atoms with van der Waals surface area (Å²) in [4.78, 5) is 29.8. The van der Waals surface area contributed by atoms with Crippen LogP contribution in [0.2, 0.25) is 0 Å². The second-order valence-electron chi connectivity index (χ2n) is 9.94. The lowest BCUT2D eigenvalue weighted by Gasteiger charge is -2.35. The molecule has 0 bridgehead atoms. The Labute approximate surface area is 227 Å². The summed E-state index contributed by atoms with van der Waals surface area (Å²) in [5.41, 5.74) is 1.86. The van der Waals surface area contributed by atoms with Crippen LogP contribution in [0.25, 0.3) is 10.9 Å². The molecule has 0 unspecified atom stereocenters. The summed E-state index contributed by atoms with van der Waals surface area (Å²) in [6, 6.07) is 14.9. The summed E-state index contributed by atoms with van der Waals surface area (Å²) in [7, 11) is -3.85. The van der Waals surface area contributed by atoms with E-state index in [9.17, 15) is 18.3 Å². The largest absolute Gasteiger partial charge is 0.478 e. The average Bonchev–Trinajstić information content (AvgIpc) is 2.93. The third-order valence-corrected chi connectivity index (χ3v) is 7.99.